The van der Waals surface area contributed by atoms with E-state index in [2.05, 4.69) is 20.6 Å². The van der Waals surface area contributed by atoms with Gasteiger partial charge in [0.2, 0.25) is 0 Å². The number of nitrogens with zero attached hydrogens (tertiary/aromatic N) is 2. The zero-order valence-corrected chi connectivity index (χ0v) is 8.19. The van der Waals surface area contributed by atoms with Gasteiger partial charge in [-0.3, -0.25) is 9.98 Å². The summed E-state index contributed by atoms with van der Waals surface area (Å²) in [5, 5.41) is 6.23. The fourth-order valence-electron chi connectivity index (χ4n) is 0.918. The quantitative estimate of drug-likeness (QED) is 0.582. The molecule has 1 aliphatic rings. The summed E-state index contributed by atoms with van der Waals surface area (Å²) in [6.07, 6.45) is 11.2. The fraction of sp³-hybridized carbons (Fsp3) is 0.400. The molecule has 0 aromatic rings. The summed E-state index contributed by atoms with van der Waals surface area (Å²) in [5.74, 6) is 0. The van der Waals surface area contributed by atoms with Crippen molar-refractivity contribution in [2.45, 2.75) is 0 Å². The van der Waals surface area contributed by atoms with Gasteiger partial charge in [-0.15, -0.1) is 0 Å². The first-order valence-electron chi connectivity index (χ1n) is 4.77. The van der Waals surface area contributed by atoms with Crippen molar-refractivity contribution in [2.24, 2.45) is 9.98 Å². The molecule has 4 heteroatoms. The molecule has 0 spiro atoms. The van der Waals surface area contributed by atoms with E-state index in [1.165, 1.54) is 0 Å². The highest BCUT2D eigenvalue weighted by Gasteiger charge is 1.79. The first-order valence-corrected chi connectivity index (χ1v) is 4.77. The van der Waals surface area contributed by atoms with Gasteiger partial charge in [0.15, 0.2) is 0 Å². The summed E-state index contributed by atoms with van der Waals surface area (Å²) < 4.78 is 0. The largest absolute Gasteiger partial charge is 0.389 e. The van der Waals surface area contributed by atoms with E-state index >= 15 is 0 Å². The molecule has 14 heavy (non-hydrogen) atoms. The lowest BCUT2D eigenvalue weighted by atomic mass is 10.5. The molecule has 4 nitrogen and oxygen atoms in total. The van der Waals surface area contributed by atoms with E-state index < -0.39 is 0 Å². The first-order chi connectivity index (χ1) is 7.00. The first kappa shape index (κ1) is 10.5. The van der Waals surface area contributed by atoms with Crippen LogP contribution in [0.1, 0.15) is 0 Å². The van der Waals surface area contributed by atoms with Crippen molar-refractivity contribution in [3.8, 4) is 0 Å². The highest BCUT2D eigenvalue weighted by molar-refractivity contribution is 5.71. The maximum absolute atomic E-state index is 4.18. The number of nitrogens with one attached hydrogen (secondary N) is 2. The molecule has 76 valence electrons. The van der Waals surface area contributed by atoms with Crippen LogP contribution in [-0.2, 0) is 0 Å². The Morgan fingerprint density at radius 2 is 1.29 bits per heavy atom. The van der Waals surface area contributed by atoms with Gasteiger partial charge in [0.1, 0.15) is 0 Å². The highest BCUT2D eigenvalue weighted by atomic mass is 14.9. The molecule has 1 heterocycles. The second-order valence-electron chi connectivity index (χ2n) is 2.74. The van der Waals surface area contributed by atoms with Gasteiger partial charge in [0, 0.05) is 25.5 Å². The molecule has 0 unspecified atom stereocenters. The Balaban J connectivity index is 2.33. The standard InChI is InChI=1S/C10H16N4/c1-3-11-7-9-13-5-2-6-14-10-8-12-4-1/h1-6,11,14H,7-10H2/b3-1+,6-2+,12-4?,13-5?. The molecule has 1 rings (SSSR count). The minimum atomic E-state index is 0.784. The van der Waals surface area contributed by atoms with Crippen LogP contribution in [0.4, 0.5) is 0 Å². The lowest BCUT2D eigenvalue weighted by Crippen LogP contribution is -2.11. The molecule has 0 saturated carbocycles. The minimum absolute atomic E-state index is 0.784. The molecule has 0 aromatic heterocycles. The summed E-state index contributed by atoms with van der Waals surface area (Å²) >= 11 is 0. The molecule has 0 saturated heterocycles. The van der Waals surface area contributed by atoms with Crippen LogP contribution in [0, 0.1) is 0 Å². The van der Waals surface area contributed by atoms with Crippen molar-refractivity contribution < 1.29 is 0 Å². The van der Waals surface area contributed by atoms with Crippen LogP contribution < -0.4 is 10.6 Å². The second kappa shape index (κ2) is 8.04. The molecule has 0 radical (unpaired) electrons. The van der Waals surface area contributed by atoms with E-state index in [4.69, 9.17) is 0 Å². The predicted octanol–water partition coefficient (Wildman–Crippen LogP) is 0.348. The Bertz CT molecular complexity index is 191. The molecule has 0 bridgehead atoms. The molecule has 0 aliphatic carbocycles. The van der Waals surface area contributed by atoms with Crippen LogP contribution >= 0.6 is 0 Å². The average molecular weight is 192 g/mol. The Morgan fingerprint density at radius 3 is 1.79 bits per heavy atom. The summed E-state index contributed by atoms with van der Waals surface area (Å²) in [6.45, 7) is 3.27. The highest BCUT2D eigenvalue weighted by Crippen LogP contribution is 1.73. The van der Waals surface area contributed by atoms with Gasteiger partial charge in [-0.1, -0.05) is 0 Å². The lowest BCUT2D eigenvalue weighted by molar-refractivity contribution is 0.839. The number of rotatable bonds is 0. The van der Waals surface area contributed by atoms with E-state index in [1.807, 2.05) is 24.6 Å². The van der Waals surface area contributed by atoms with Crippen molar-refractivity contribution in [1.29, 1.82) is 0 Å². The van der Waals surface area contributed by atoms with Crippen LogP contribution in [0.25, 0.3) is 0 Å². The topological polar surface area (TPSA) is 48.8 Å². The van der Waals surface area contributed by atoms with E-state index in [-0.39, 0.29) is 0 Å². The molecule has 2 N–H and O–H groups in total. The van der Waals surface area contributed by atoms with Gasteiger partial charge in [-0.2, -0.15) is 0 Å². The minimum Gasteiger partial charge on any atom is -0.389 e. The number of aliphatic imine (C=N–C) groups is 2. The van der Waals surface area contributed by atoms with Gasteiger partial charge in [0.25, 0.3) is 0 Å². The Kier molecular flexibility index (Phi) is 6.03. The third-order valence-corrected chi connectivity index (χ3v) is 1.58. The lowest BCUT2D eigenvalue weighted by Gasteiger charge is -1.96. The van der Waals surface area contributed by atoms with Crippen LogP contribution in [0.3, 0.4) is 0 Å². The van der Waals surface area contributed by atoms with Crippen molar-refractivity contribution in [2.75, 3.05) is 26.2 Å². The predicted molar refractivity (Wildman–Crippen MR) is 61.0 cm³/mol. The molecule has 1 aliphatic heterocycles. The number of allylic oxidation sites excluding steroid dienone is 2. The maximum atomic E-state index is 4.18. The molecular formula is C10H16N4. The third kappa shape index (κ3) is 5.99. The van der Waals surface area contributed by atoms with E-state index in [9.17, 15) is 0 Å². The normalized spacial score (nSPS) is 22.9. The summed E-state index contributed by atoms with van der Waals surface area (Å²) in [6, 6.07) is 0. The van der Waals surface area contributed by atoms with E-state index in [0.29, 0.717) is 0 Å². The second-order valence-corrected chi connectivity index (χ2v) is 2.74. The number of hydrogen-bond acceptors (Lipinski definition) is 4. The summed E-state index contributed by atoms with van der Waals surface area (Å²) in [5.41, 5.74) is 0. The van der Waals surface area contributed by atoms with Crippen molar-refractivity contribution >= 4 is 12.4 Å². The van der Waals surface area contributed by atoms with Crippen LogP contribution in [0.15, 0.2) is 34.5 Å². The van der Waals surface area contributed by atoms with Crippen LogP contribution in [-0.4, -0.2) is 38.6 Å². The van der Waals surface area contributed by atoms with Gasteiger partial charge in [-0.05, 0) is 24.6 Å². The summed E-state index contributed by atoms with van der Waals surface area (Å²) in [4.78, 5) is 8.35. The maximum Gasteiger partial charge on any atom is 0.0562 e. The van der Waals surface area contributed by atoms with Crippen molar-refractivity contribution in [3.05, 3.63) is 24.6 Å². The zero-order chi connectivity index (χ0) is 9.90. The van der Waals surface area contributed by atoms with Gasteiger partial charge < -0.3 is 10.6 Å². The summed E-state index contributed by atoms with van der Waals surface area (Å²) in [7, 11) is 0. The average Bonchev–Trinajstić information content (AvgIpc) is 2.22. The molecule has 0 fully saturated rings. The molecule has 0 aromatic carbocycles. The number of hydrogen-bond donors (Lipinski definition) is 2. The Labute approximate surface area is 84.5 Å². The monoisotopic (exact) mass is 192 g/mol. The third-order valence-electron chi connectivity index (χ3n) is 1.58. The van der Waals surface area contributed by atoms with E-state index in [0.717, 1.165) is 26.2 Å². The molecule has 0 atom stereocenters. The Hall–Kier alpha value is -1.58. The van der Waals surface area contributed by atoms with Gasteiger partial charge >= 0.3 is 0 Å². The smallest absolute Gasteiger partial charge is 0.0562 e. The van der Waals surface area contributed by atoms with Crippen LogP contribution in [0.5, 0.6) is 0 Å². The van der Waals surface area contributed by atoms with Gasteiger partial charge in [0.05, 0.1) is 13.1 Å². The van der Waals surface area contributed by atoms with Crippen molar-refractivity contribution in [3.63, 3.8) is 0 Å². The van der Waals surface area contributed by atoms with Gasteiger partial charge in [-0.25, -0.2) is 0 Å². The molecular weight excluding hydrogens is 176 g/mol. The van der Waals surface area contributed by atoms with Crippen LogP contribution in [0.2, 0.25) is 0 Å². The van der Waals surface area contributed by atoms with Crippen molar-refractivity contribution in [1.82, 2.24) is 10.6 Å². The zero-order valence-electron chi connectivity index (χ0n) is 8.19. The SMILES string of the molecule is C1=NCCN/C=C/C=NCCN/C=C/1. The van der Waals surface area contributed by atoms with E-state index in [1.54, 1.807) is 12.4 Å². The Morgan fingerprint density at radius 1 is 0.786 bits per heavy atom. The fourth-order valence-corrected chi connectivity index (χ4v) is 0.918. The molecule has 0 amide bonds.